The molecule has 4 heteroatoms. The van der Waals surface area contributed by atoms with Crippen molar-refractivity contribution in [3.05, 3.63) is 0 Å². The zero-order chi connectivity index (χ0) is 12.3. The monoisotopic (exact) mass is 240 g/mol. The van der Waals surface area contributed by atoms with Crippen LogP contribution in [0.2, 0.25) is 0 Å². The number of amides is 1. The summed E-state index contributed by atoms with van der Waals surface area (Å²) in [6, 6.07) is 0. The lowest BCUT2D eigenvalue weighted by molar-refractivity contribution is -0.123. The van der Waals surface area contributed by atoms with Crippen LogP contribution in [0.3, 0.4) is 0 Å². The molecule has 1 amide bonds. The molecule has 0 radical (unpaired) electrons. The lowest BCUT2D eigenvalue weighted by Crippen LogP contribution is -2.50. The molecule has 0 aromatic carbocycles. The van der Waals surface area contributed by atoms with Crippen molar-refractivity contribution in [2.45, 2.75) is 51.2 Å². The van der Waals surface area contributed by atoms with E-state index in [0.717, 1.165) is 32.5 Å². The third kappa shape index (κ3) is 3.19. The molecular formula is C13H24N2O2. The molecule has 2 fully saturated rings. The zero-order valence-electron chi connectivity index (χ0n) is 10.9. The van der Waals surface area contributed by atoms with E-state index in [0.29, 0.717) is 12.3 Å². The lowest BCUT2D eigenvalue weighted by Gasteiger charge is -2.29. The van der Waals surface area contributed by atoms with Crippen LogP contribution in [0.1, 0.15) is 39.5 Å². The van der Waals surface area contributed by atoms with Crippen molar-refractivity contribution in [1.29, 1.82) is 0 Å². The van der Waals surface area contributed by atoms with E-state index in [1.165, 1.54) is 6.42 Å². The minimum absolute atomic E-state index is 0.125. The second-order valence-corrected chi connectivity index (χ2v) is 5.63. The molecule has 98 valence electrons. The summed E-state index contributed by atoms with van der Waals surface area (Å²) in [5.74, 6) is 0.863. The first-order valence-electron chi connectivity index (χ1n) is 6.73. The molecule has 0 spiro atoms. The Bertz CT molecular complexity index is 277. The van der Waals surface area contributed by atoms with Gasteiger partial charge in [0.2, 0.25) is 5.91 Å². The molecule has 0 aromatic heterocycles. The van der Waals surface area contributed by atoms with Crippen LogP contribution in [0.15, 0.2) is 0 Å². The van der Waals surface area contributed by atoms with Crippen LogP contribution in [0.25, 0.3) is 0 Å². The van der Waals surface area contributed by atoms with Gasteiger partial charge in [0.1, 0.15) is 0 Å². The van der Waals surface area contributed by atoms with Crippen LogP contribution in [0.5, 0.6) is 0 Å². The first-order chi connectivity index (χ1) is 8.10. The van der Waals surface area contributed by atoms with Gasteiger partial charge >= 0.3 is 0 Å². The molecule has 17 heavy (non-hydrogen) atoms. The van der Waals surface area contributed by atoms with Crippen LogP contribution in [0.4, 0.5) is 0 Å². The van der Waals surface area contributed by atoms with Gasteiger partial charge in [-0.05, 0) is 52.1 Å². The van der Waals surface area contributed by atoms with E-state index in [-0.39, 0.29) is 17.6 Å². The molecule has 0 aromatic rings. The Morgan fingerprint density at radius 2 is 2.41 bits per heavy atom. The van der Waals surface area contributed by atoms with E-state index in [1.54, 1.807) is 0 Å². The molecule has 3 unspecified atom stereocenters. The van der Waals surface area contributed by atoms with E-state index < -0.39 is 0 Å². The molecular weight excluding hydrogens is 216 g/mol. The SMILES string of the molecule is CC1OCCC1(C)NC(=O)CCC1CCNC1. The van der Waals surface area contributed by atoms with Gasteiger partial charge in [0.15, 0.2) is 0 Å². The summed E-state index contributed by atoms with van der Waals surface area (Å²) >= 11 is 0. The Morgan fingerprint density at radius 3 is 3.00 bits per heavy atom. The molecule has 0 saturated carbocycles. The second-order valence-electron chi connectivity index (χ2n) is 5.63. The molecule has 2 heterocycles. The number of hydrogen-bond acceptors (Lipinski definition) is 3. The number of ether oxygens (including phenoxy) is 1. The van der Waals surface area contributed by atoms with Gasteiger partial charge in [-0.3, -0.25) is 4.79 Å². The Kier molecular flexibility index (Phi) is 4.05. The maximum absolute atomic E-state index is 11.9. The molecule has 0 bridgehead atoms. The van der Waals surface area contributed by atoms with Gasteiger partial charge in [0.05, 0.1) is 11.6 Å². The topological polar surface area (TPSA) is 50.4 Å². The molecule has 3 atom stereocenters. The number of carbonyl (C=O) groups is 1. The van der Waals surface area contributed by atoms with E-state index >= 15 is 0 Å². The standard InChI is InChI=1S/C13H24N2O2/c1-10-13(2,6-8-17-10)15-12(16)4-3-11-5-7-14-9-11/h10-11,14H,3-9H2,1-2H3,(H,15,16). The quantitative estimate of drug-likeness (QED) is 0.772. The summed E-state index contributed by atoms with van der Waals surface area (Å²) in [6.45, 7) is 7.05. The minimum Gasteiger partial charge on any atom is -0.376 e. The summed E-state index contributed by atoms with van der Waals surface area (Å²) < 4.78 is 5.52. The first-order valence-corrected chi connectivity index (χ1v) is 6.73. The van der Waals surface area contributed by atoms with Crippen LogP contribution in [0, 0.1) is 5.92 Å². The highest BCUT2D eigenvalue weighted by Crippen LogP contribution is 2.25. The summed E-state index contributed by atoms with van der Waals surface area (Å²) in [5.41, 5.74) is -0.162. The largest absolute Gasteiger partial charge is 0.376 e. The van der Waals surface area contributed by atoms with Crippen LogP contribution in [-0.2, 0) is 9.53 Å². The van der Waals surface area contributed by atoms with Crippen molar-refractivity contribution < 1.29 is 9.53 Å². The number of carbonyl (C=O) groups excluding carboxylic acids is 1. The van der Waals surface area contributed by atoms with Crippen molar-refractivity contribution >= 4 is 5.91 Å². The maximum atomic E-state index is 11.9. The van der Waals surface area contributed by atoms with Crippen LogP contribution in [-0.4, -0.2) is 37.2 Å². The van der Waals surface area contributed by atoms with Gasteiger partial charge in [0, 0.05) is 13.0 Å². The molecule has 2 N–H and O–H groups in total. The highest BCUT2D eigenvalue weighted by atomic mass is 16.5. The fourth-order valence-electron chi connectivity index (χ4n) is 2.68. The second kappa shape index (κ2) is 5.36. The average Bonchev–Trinajstić information content (AvgIpc) is 2.88. The number of rotatable bonds is 4. The summed E-state index contributed by atoms with van der Waals surface area (Å²) in [7, 11) is 0. The van der Waals surface area contributed by atoms with Crippen LogP contribution >= 0.6 is 0 Å². The fourth-order valence-corrected chi connectivity index (χ4v) is 2.68. The first kappa shape index (κ1) is 12.8. The molecule has 2 aliphatic rings. The summed E-state index contributed by atoms with van der Waals surface area (Å²) in [4.78, 5) is 11.9. The highest BCUT2D eigenvalue weighted by molar-refractivity contribution is 5.76. The maximum Gasteiger partial charge on any atom is 0.220 e. The third-order valence-electron chi connectivity index (χ3n) is 4.25. The Morgan fingerprint density at radius 1 is 1.59 bits per heavy atom. The fraction of sp³-hybridized carbons (Fsp3) is 0.923. The van der Waals surface area contributed by atoms with Gasteiger partial charge in [-0.15, -0.1) is 0 Å². The van der Waals surface area contributed by atoms with Gasteiger partial charge < -0.3 is 15.4 Å². The van der Waals surface area contributed by atoms with Gasteiger partial charge in [0.25, 0.3) is 0 Å². The molecule has 2 saturated heterocycles. The smallest absolute Gasteiger partial charge is 0.220 e. The Labute approximate surface area is 103 Å². The van der Waals surface area contributed by atoms with E-state index in [2.05, 4.69) is 17.6 Å². The lowest BCUT2D eigenvalue weighted by atomic mass is 9.94. The Hall–Kier alpha value is -0.610. The summed E-state index contributed by atoms with van der Waals surface area (Å²) in [6.07, 6.45) is 3.91. The molecule has 4 nitrogen and oxygen atoms in total. The molecule has 2 rings (SSSR count). The number of hydrogen-bond donors (Lipinski definition) is 2. The van der Waals surface area contributed by atoms with Gasteiger partial charge in [-0.2, -0.15) is 0 Å². The van der Waals surface area contributed by atoms with Crippen molar-refractivity contribution in [1.82, 2.24) is 10.6 Å². The zero-order valence-corrected chi connectivity index (χ0v) is 10.9. The van der Waals surface area contributed by atoms with E-state index in [1.807, 2.05) is 6.92 Å². The van der Waals surface area contributed by atoms with Crippen molar-refractivity contribution in [3.63, 3.8) is 0 Å². The van der Waals surface area contributed by atoms with Crippen LogP contribution < -0.4 is 10.6 Å². The summed E-state index contributed by atoms with van der Waals surface area (Å²) in [5, 5.41) is 6.48. The highest BCUT2D eigenvalue weighted by Gasteiger charge is 2.38. The third-order valence-corrected chi connectivity index (χ3v) is 4.25. The average molecular weight is 240 g/mol. The van der Waals surface area contributed by atoms with E-state index in [9.17, 15) is 4.79 Å². The van der Waals surface area contributed by atoms with Gasteiger partial charge in [-0.25, -0.2) is 0 Å². The number of nitrogens with one attached hydrogen (secondary N) is 2. The normalized spacial score (nSPS) is 37.3. The molecule has 2 aliphatic heterocycles. The Balaban J connectivity index is 1.73. The predicted octanol–water partition coefficient (Wildman–Crippen LogP) is 1.06. The minimum atomic E-state index is -0.162. The van der Waals surface area contributed by atoms with Crippen molar-refractivity contribution in [2.24, 2.45) is 5.92 Å². The van der Waals surface area contributed by atoms with Gasteiger partial charge in [-0.1, -0.05) is 0 Å². The van der Waals surface area contributed by atoms with Crippen molar-refractivity contribution in [3.8, 4) is 0 Å². The molecule has 0 aliphatic carbocycles. The predicted molar refractivity (Wildman–Crippen MR) is 66.8 cm³/mol. The van der Waals surface area contributed by atoms with E-state index in [4.69, 9.17) is 4.74 Å². The van der Waals surface area contributed by atoms with Crippen molar-refractivity contribution in [2.75, 3.05) is 19.7 Å².